The average molecular weight is 296 g/mol. The highest BCUT2D eigenvalue weighted by atomic mass is 32.2. The first-order valence-corrected chi connectivity index (χ1v) is 7.40. The van der Waals surface area contributed by atoms with Crippen LogP contribution in [0.15, 0.2) is 35.5 Å². The summed E-state index contributed by atoms with van der Waals surface area (Å²) in [5.74, 6) is 0.718. The Morgan fingerprint density at radius 1 is 1.35 bits per heavy atom. The van der Waals surface area contributed by atoms with Crippen LogP contribution in [0.1, 0.15) is 11.1 Å². The van der Waals surface area contributed by atoms with Gasteiger partial charge in [0.15, 0.2) is 5.03 Å². The molecule has 0 aliphatic rings. The first kappa shape index (κ1) is 14.5. The molecule has 0 aliphatic carbocycles. The summed E-state index contributed by atoms with van der Waals surface area (Å²) in [6.07, 6.45) is 1.40. The number of H-pyrrole nitrogens is 1. The zero-order valence-electron chi connectivity index (χ0n) is 11.0. The number of nitrogens with two attached hydrogens (primary N) is 1. The van der Waals surface area contributed by atoms with E-state index < -0.39 is 10.0 Å². The number of nitrogens with one attached hydrogen (secondary N) is 2. The summed E-state index contributed by atoms with van der Waals surface area (Å²) in [6.45, 7) is 0.282. The highest BCUT2D eigenvalue weighted by Gasteiger charge is 2.19. The molecule has 0 bridgehead atoms. The molecule has 2 rings (SSSR count). The lowest BCUT2D eigenvalue weighted by Crippen LogP contribution is -2.25. The van der Waals surface area contributed by atoms with Crippen molar-refractivity contribution >= 4 is 10.0 Å². The van der Waals surface area contributed by atoms with Crippen LogP contribution in [0.3, 0.4) is 0 Å². The monoisotopic (exact) mass is 296 g/mol. The van der Waals surface area contributed by atoms with Gasteiger partial charge < -0.3 is 10.5 Å². The summed E-state index contributed by atoms with van der Waals surface area (Å²) < 4.78 is 31.7. The predicted octanol–water partition coefficient (Wildman–Crippen LogP) is 0.356. The molecule has 0 unspecified atom stereocenters. The molecule has 4 N–H and O–H groups in total. The average Bonchev–Trinajstić information content (AvgIpc) is 2.95. The fourth-order valence-electron chi connectivity index (χ4n) is 1.67. The molecule has 0 radical (unpaired) electrons. The number of aromatic amines is 1. The largest absolute Gasteiger partial charge is 0.497 e. The second kappa shape index (κ2) is 6.04. The second-order valence-electron chi connectivity index (χ2n) is 4.10. The van der Waals surface area contributed by atoms with E-state index in [0.29, 0.717) is 5.56 Å². The summed E-state index contributed by atoms with van der Waals surface area (Å²) in [6, 6.07) is 7.12. The van der Waals surface area contributed by atoms with Crippen LogP contribution >= 0.6 is 0 Å². The Balaban J connectivity index is 2.09. The molecule has 1 heterocycles. The van der Waals surface area contributed by atoms with Gasteiger partial charge in [-0.05, 0) is 17.7 Å². The third-order valence-corrected chi connectivity index (χ3v) is 4.21. The molecule has 0 saturated carbocycles. The van der Waals surface area contributed by atoms with Crippen molar-refractivity contribution in [3.8, 4) is 5.75 Å². The first-order valence-electron chi connectivity index (χ1n) is 5.91. The first-order chi connectivity index (χ1) is 9.56. The van der Waals surface area contributed by atoms with Gasteiger partial charge >= 0.3 is 0 Å². The molecule has 1 aromatic carbocycles. The van der Waals surface area contributed by atoms with Gasteiger partial charge in [-0.25, -0.2) is 13.1 Å². The number of nitrogens with zero attached hydrogens (tertiary/aromatic N) is 1. The lowest BCUT2D eigenvalue weighted by molar-refractivity contribution is 0.414. The Labute approximate surface area is 117 Å². The number of methoxy groups -OCH3 is 1. The molecule has 108 valence electrons. The van der Waals surface area contributed by atoms with Crippen molar-refractivity contribution in [1.29, 1.82) is 0 Å². The van der Waals surface area contributed by atoms with E-state index in [0.717, 1.165) is 11.3 Å². The van der Waals surface area contributed by atoms with Crippen molar-refractivity contribution in [2.75, 3.05) is 7.11 Å². The molecule has 1 aromatic heterocycles. The van der Waals surface area contributed by atoms with Gasteiger partial charge in [-0.1, -0.05) is 12.1 Å². The quantitative estimate of drug-likeness (QED) is 0.712. The normalized spacial score (nSPS) is 11.5. The molecule has 0 atom stereocenters. The molecule has 0 amide bonds. The van der Waals surface area contributed by atoms with E-state index in [2.05, 4.69) is 14.9 Å². The lowest BCUT2D eigenvalue weighted by Gasteiger charge is -2.07. The van der Waals surface area contributed by atoms with E-state index in [-0.39, 0.29) is 18.1 Å². The van der Waals surface area contributed by atoms with Crippen LogP contribution < -0.4 is 15.2 Å². The van der Waals surface area contributed by atoms with Gasteiger partial charge in [-0.3, -0.25) is 5.10 Å². The minimum atomic E-state index is -3.65. The molecule has 0 fully saturated rings. The van der Waals surface area contributed by atoms with Gasteiger partial charge in [0, 0.05) is 18.7 Å². The van der Waals surface area contributed by atoms with Crippen molar-refractivity contribution < 1.29 is 13.2 Å². The van der Waals surface area contributed by atoms with Crippen molar-refractivity contribution in [3.05, 3.63) is 41.6 Å². The smallest absolute Gasteiger partial charge is 0.258 e. The number of ether oxygens (including phenoxy) is 1. The van der Waals surface area contributed by atoms with Gasteiger partial charge in [-0.2, -0.15) is 5.10 Å². The van der Waals surface area contributed by atoms with Crippen molar-refractivity contribution in [2.24, 2.45) is 5.73 Å². The number of rotatable bonds is 6. The minimum Gasteiger partial charge on any atom is -0.497 e. The van der Waals surface area contributed by atoms with Crippen molar-refractivity contribution in [1.82, 2.24) is 14.9 Å². The Morgan fingerprint density at radius 3 is 2.65 bits per heavy atom. The fraction of sp³-hybridized carbons (Fsp3) is 0.250. The van der Waals surface area contributed by atoms with Crippen LogP contribution in [0, 0.1) is 0 Å². The summed E-state index contributed by atoms with van der Waals surface area (Å²) in [5.41, 5.74) is 6.74. The number of aromatic nitrogens is 2. The van der Waals surface area contributed by atoms with Crippen LogP contribution in [0.2, 0.25) is 0 Å². The number of sulfonamides is 1. The molecule has 7 nitrogen and oxygen atoms in total. The maximum atomic E-state index is 12.1. The van der Waals surface area contributed by atoms with Crippen LogP contribution in [0.25, 0.3) is 0 Å². The third-order valence-electron chi connectivity index (χ3n) is 2.79. The Morgan fingerprint density at radius 2 is 2.05 bits per heavy atom. The van der Waals surface area contributed by atoms with E-state index in [9.17, 15) is 8.42 Å². The standard InChI is InChI=1S/C12H16N4O3S/c1-19-11-4-2-9(3-5-11)7-15-20(17,18)12-10(6-13)8-14-16-12/h2-5,8,15H,6-7,13H2,1H3,(H,14,16). The van der Waals surface area contributed by atoms with Crippen LogP contribution in [0.5, 0.6) is 5.75 Å². The SMILES string of the molecule is COc1ccc(CNS(=O)(=O)c2[nH]ncc2CN)cc1. The van der Waals surface area contributed by atoms with Crippen molar-refractivity contribution in [2.45, 2.75) is 18.1 Å². The predicted molar refractivity (Wildman–Crippen MR) is 73.5 cm³/mol. The number of hydrogen-bond donors (Lipinski definition) is 3. The molecule has 8 heteroatoms. The topological polar surface area (TPSA) is 110 Å². The minimum absolute atomic E-state index is 0.00788. The Bertz CT molecular complexity index is 664. The summed E-state index contributed by atoms with van der Waals surface area (Å²) in [5, 5.41) is 6.16. The number of hydrogen-bond acceptors (Lipinski definition) is 5. The van der Waals surface area contributed by atoms with Gasteiger partial charge in [0.25, 0.3) is 10.0 Å². The van der Waals surface area contributed by atoms with Crippen molar-refractivity contribution in [3.63, 3.8) is 0 Å². The molecule has 0 aliphatic heterocycles. The molecular formula is C12H16N4O3S. The Hall–Kier alpha value is -1.90. The molecule has 2 aromatic rings. The maximum absolute atomic E-state index is 12.1. The lowest BCUT2D eigenvalue weighted by atomic mass is 10.2. The third kappa shape index (κ3) is 3.16. The van der Waals surface area contributed by atoms with Gasteiger partial charge in [-0.15, -0.1) is 0 Å². The van der Waals surface area contributed by atoms with Gasteiger partial charge in [0.1, 0.15) is 5.75 Å². The van der Waals surface area contributed by atoms with E-state index in [1.54, 1.807) is 31.4 Å². The zero-order chi connectivity index (χ0) is 14.6. The van der Waals surface area contributed by atoms with E-state index in [4.69, 9.17) is 10.5 Å². The highest BCUT2D eigenvalue weighted by Crippen LogP contribution is 2.14. The highest BCUT2D eigenvalue weighted by molar-refractivity contribution is 7.89. The second-order valence-corrected chi connectivity index (χ2v) is 5.80. The summed E-state index contributed by atoms with van der Waals surface area (Å²) in [4.78, 5) is 0. The summed E-state index contributed by atoms with van der Waals surface area (Å²) in [7, 11) is -2.08. The fourth-order valence-corrected chi connectivity index (χ4v) is 2.83. The van der Waals surface area contributed by atoms with E-state index in [1.165, 1.54) is 6.20 Å². The Kier molecular flexibility index (Phi) is 4.38. The van der Waals surface area contributed by atoms with E-state index in [1.807, 2.05) is 0 Å². The van der Waals surface area contributed by atoms with Crippen LogP contribution in [-0.4, -0.2) is 25.7 Å². The molecule has 0 spiro atoms. The zero-order valence-corrected chi connectivity index (χ0v) is 11.8. The van der Waals surface area contributed by atoms with Gasteiger partial charge in [0.05, 0.1) is 13.3 Å². The maximum Gasteiger partial charge on any atom is 0.258 e. The van der Waals surface area contributed by atoms with E-state index >= 15 is 0 Å². The van der Waals surface area contributed by atoms with Crippen LogP contribution in [0.4, 0.5) is 0 Å². The van der Waals surface area contributed by atoms with Crippen LogP contribution in [-0.2, 0) is 23.1 Å². The molecule has 0 saturated heterocycles. The summed E-state index contributed by atoms with van der Waals surface area (Å²) >= 11 is 0. The molecular weight excluding hydrogens is 280 g/mol. The molecule has 20 heavy (non-hydrogen) atoms. The van der Waals surface area contributed by atoms with Gasteiger partial charge in [0.2, 0.25) is 0 Å². The number of benzene rings is 1.